The third-order valence-corrected chi connectivity index (χ3v) is 3.88. The standard InChI is InChI=1S/C16H27N3O/c1-11(2)19-10-13(5)6-8-15(19)14-7-9-16(18-17-14)20-12(3)4/h7,9,11-13,15H,6,8,10H2,1-5H3/t13-,15-/m0/s1. The van der Waals surface area contributed by atoms with E-state index in [1.54, 1.807) is 0 Å². The minimum atomic E-state index is 0.137. The number of nitrogens with zero attached hydrogens (tertiary/aromatic N) is 3. The van der Waals surface area contributed by atoms with E-state index < -0.39 is 0 Å². The summed E-state index contributed by atoms with van der Waals surface area (Å²) in [5.74, 6) is 1.38. The summed E-state index contributed by atoms with van der Waals surface area (Å²) in [5, 5.41) is 8.60. The first-order chi connectivity index (χ1) is 9.47. The molecule has 2 heterocycles. The fourth-order valence-electron chi connectivity index (χ4n) is 2.89. The van der Waals surface area contributed by atoms with Gasteiger partial charge in [0.2, 0.25) is 5.88 Å². The zero-order chi connectivity index (χ0) is 14.7. The number of rotatable bonds is 4. The predicted molar refractivity (Wildman–Crippen MR) is 80.8 cm³/mol. The average molecular weight is 277 g/mol. The SMILES string of the molecule is CC(C)Oc1ccc([C@@H]2CC[C@H](C)CN2C(C)C)nn1. The van der Waals surface area contributed by atoms with Crippen molar-refractivity contribution in [2.45, 2.75) is 65.6 Å². The van der Waals surface area contributed by atoms with E-state index in [0.717, 1.165) is 18.2 Å². The van der Waals surface area contributed by atoms with Crippen LogP contribution in [-0.2, 0) is 0 Å². The van der Waals surface area contributed by atoms with Crippen molar-refractivity contribution >= 4 is 0 Å². The molecule has 1 aromatic heterocycles. The van der Waals surface area contributed by atoms with Gasteiger partial charge in [-0.15, -0.1) is 5.10 Å². The first-order valence-electron chi connectivity index (χ1n) is 7.73. The van der Waals surface area contributed by atoms with Crippen LogP contribution in [0.2, 0.25) is 0 Å². The van der Waals surface area contributed by atoms with Crippen LogP contribution >= 0.6 is 0 Å². The normalized spacial score (nSPS) is 24.4. The van der Waals surface area contributed by atoms with E-state index in [0.29, 0.717) is 18.0 Å². The molecule has 0 amide bonds. The zero-order valence-corrected chi connectivity index (χ0v) is 13.3. The molecule has 1 aliphatic rings. The van der Waals surface area contributed by atoms with Gasteiger partial charge in [0.25, 0.3) is 0 Å². The van der Waals surface area contributed by atoms with E-state index in [4.69, 9.17) is 4.74 Å². The van der Waals surface area contributed by atoms with Crippen LogP contribution in [0.15, 0.2) is 12.1 Å². The van der Waals surface area contributed by atoms with Crippen LogP contribution in [0.3, 0.4) is 0 Å². The highest BCUT2D eigenvalue weighted by Crippen LogP contribution is 2.33. The smallest absolute Gasteiger partial charge is 0.233 e. The lowest BCUT2D eigenvalue weighted by molar-refractivity contribution is 0.0786. The van der Waals surface area contributed by atoms with Crippen molar-refractivity contribution in [1.29, 1.82) is 0 Å². The molecule has 20 heavy (non-hydrogen) atoms. The lowest BCUT2D eigenvalue weighted by Crippen LogP contribution is -2.42. The number of hydrogen-bond acceptors (Lipinski definition) is 4. The lowest BCUT2D eigenvalue weighted by atomic mass is 9.91. The molecule has 112 valence electrons. The van der Waals surface area contributed by atoms with Crippen LogP contribution in [0.25, 0.3) is 0 Å². The second-order valence-corrected chi connectivity index (χ2v) is 6.45. The third-order valence-electron chi connectivity index (χ3n) is 3.88. The van der Waals surface area contributed by atoms with Gasteiger partial charge >= 0.3 is 0 Å². The Balaban J connectivity index is 2.12. The molecule has 0 radical (unpaired) electrons. The fraction of sp³-hybridized carbons (Fsp3) is 0.750. The van der Waals surface area contributed by atoms with E-state index in [1.165, 1.54) is 12.8 Å². The second-order valence-electron chi connectivity index (χ2n) is 6.45. The van der Waals surface area contributed by atoms with Crippen LogP contribution in [-0.4, -0.2) is 33.8 Å². The summed E-state index contributed by atoms with van der Waals surface area (Å²) in [6, 6.07) is 4.95. The summed E-state index contributed by atoms with van der Waals surface area (Å²) in [5.41, 5.74) is 1.07. The van der Waals surface area contributed by atoms with Crippen molar-refractivity contribution in [3.63, 3.8) is 0 Å². The lowest BCUT2D eigenvalue weighted by Gasteiger charge is -2.40. The number of aromatic nitrogens is 2. The minimum Gasteiger partial charge on any atom is -0.474 e. The Kier molecular flexibility index (Phi) is 4.97. The Morgan fingerprint density at radius 2 is 1.90 bits per heavy atom. The van der Waals surface area contributed by atoms with Gasteiger partial charge in [0, 0.05) is 18.7 Å². The fourth-order valence-corrected chi connectivity index (χ4v) is 2.89. The molecule has 0 aliphatic carbocycles. The van der Waals surface area contributed by atoms with Gasteiger partial charge in [-0.3, -0.25) is 4.90 Å². The molecule has 1 aliphatic heterocycles. The van der Waals surface area contributed by atoms with Gasteiger partial charge in [-0.1, -0.05) is 6.92 Å². The molecule has 2 rings (SSSR count). The minimum absolute atomic E-state index is 0.137. The highest BCUT2D eigenvalue weighted by Gasteiger charge is 2.30. The quantitative estimate of drug-likeness (QED) is 0.845. The van der Waals surface area contributed by atoms with E-state index >= 15 is 0 Å². The van der Waals surface area contributed by atoms with Crippen LogP contribution < -0.4 is 4.74 Å². The zero-order valence-electron chi connectivity index (χ0n) is 13.3. The van der Waals surface area contributed by atoms with Gasteiger partial charge in [0.15, 0.2) is 0 Å². The Labute approximate surface area is 122 Å². The largest absolute Gasteiger partial charge is 0.474 e. The molecule has 0 bridgehead atoms. The highest BCUT2D eigenvalue weighted by atomic mass is 16.5. The predicted octanol–water partition coefficient (Wildman–Crippen LogP) is 3.45. The monoisotopic (exact) mass is 277 g/mol. The first kappa shape index (κ1) is 15.2. The highest BCUT2D eigenvalue weighted by molar-refractivity contribution is 5.15. The summed E-state index contributed by atoms with van der Waals surface area (Å²) in [4.78, 5) is 2.54. The Morgan fingerprint density at radius 3 is 2.45 bits per heavy atom. The van der Waals surface area contributed by atoms with Gasteiger partial charge in [0.1, 0.15) is 0 Å². The van der Waals surface area contributed by atoms with Gasteiger partial charge in [0.05, 0.1) is 17.8 Å². The van der Waals surface area contributed by atoms with Gasteiger partial charge in [-0.25, -0.2) is 0 Å². The molecule has 1 fully saturated rings. The summed E-state index contributed by atoms with van der Waals surface area (Å²) >= 11 is 0. The van der Waals surface area contributed by atoms with E-state index in [-0.39, 0.29) is 6.10 Å². The summed E-state index contributed by atoms with van der Waals surface area (Å²) in [6.07, 6.45) is 2.57. The molecular weight excluding hydrogens is 250 g/mol. The molecule has 2 atom stereocenters. The molecule has 0 aromatic carbocycles. The number of likely N-dealkylation sites (tertiary alicyclic amines) is 1. The van der Waals surface area contributed by atoms with E-state index in [2.05, 4.69) is 41.9 Å². The molecule has 0 saturated carbocycles. The van der Waals surface area contributed by atoms with Crippen LogP contribution in [0.1, 0.15) is 59.2 Å². The molecule has 0 unspecified atom stereocenters. The van der Waals surface area contributed by atoms with Crippen molar-refractivity contribution in [3.8, 4) is 5.88 Å². The molecule has 1 saturated heterocycles. The Hall–Kier alpha value is -1.16. The number of ether oxygens (including phenoxy) is 1. The summed E-state index contributed by atoms with van der Waals surface area (Å²) < 4.78 is 5.56. The van der Waals surface area contributed by atoms with Gasteiger partial charge < -0.3 is 4.74 Å². The Morgan fingerprint density at radius 1 is 1.15 bits per heavy atom. The van der Waals surface area contributed by atoms with Crippen molar-refractivity contribution in [2.75, 3.05) is 6.54 Å². The molecule has 0 spiro atoms. The van der Waals surface area contributed by atoms with Crippen molar-refractivity contribution in [3.05, 3.63) is 17.8 Å². The van der Waals surface area contributed by atoms with E-state index in [9.17, 15) is 0 Å². The van der Waals surface area contributed by atoms with Crippen molar-refractivity contribution in [1.82, 2.24) is 15.1 Å². The number of hydrogen-bond donors (Lipinski definition) is 0. The maximum atomic E-state index is 5.56. The second kappa shape index (κ2) is 6.53. The first-order valence-corrected chi connectivity index (χ1v) is 7.73. The van der Waals surface area contributed by atoms with Crippen LogP contribution in [0.4, 0.5) is 0 Å². The molecule has 1 aromatic rings. The average Bonchev–Trinajstić information content (AvgIpc) is 2.39. The third kappa shape index (κ3) is 3.69. The summed E-state index contributed by atoms with van der Waals surface area (Å²) in [7, 11) is 0. The van der Waals surface area contributed by atoms with Crippen molar-refractivity contribution in [2.24, 2.45) is 5.92 Å². The molecule has 4 nitrogen and oxygen atoms in total. The van der Waals surface area contributed by atoms with Gasteiger partial charge in [-0.05, 0) is 52.5 Å². The van der Waals surface area contributed by atoms with Crippen LogP contribution in [0.5, 0.6) is 5.88 Å². The maximum Gasteiger partial charge on any atom is 0.233 e. The van der Waals surface area contributed by atoms with Crippen molar-refractivity contribution < 1.29 is 4.74 Å². The Bertz CT molecular complexity index is 416. The van der Waals surface area contributed by atoms with Crippen LogP contribution in [0, 0.1) is 5.92 Å². The molecule has 4 heteroatoms. The topological polar surface area (TPSA) is 38.2 Å². The number of piperidine rings is 1. The summed E-state index contributed by atoms with van der Waals surface area (Å²) in [6.45, 7) is 12.0. The maximum absolute atomic E-state index is 5.56. The van der Waals surface area contributed by atoms with E-state index in [1.807, 2.05) is 19.9 Å². The molecular formula is C16H27N3O. The van der Waals surface area contributed by atoms with Gasteiger partial charge in [-0.2, -0.15) is 5.10 Å². The molecule has 0 N–H and O–H groups in total.